The summed E-state index contributed by atoms with van der Waals surface area (Å²) in [6.45, 7) is 6.87. The highest BCUT2D eigenvalue weighted by molar-refractivity contribution is 5.86. The predicted octanol–water partition coefficient (Wildman–Crippen LogP) is 1.79. The van der Waals surface area contributed by atoms with E-state index in [1.807, 2.05) is 51.1 Å². The lowest BCUT2D eigenvalue weighted by atomic mass is 9.89. The molecule has 4 heteroatoms. The quantitative estimate of drug-likeness (QED) is 0.752. The van der Waals surface area contributed by atoms with E-state index in [2.05, 4.69) is 5.32 Å². The molecule has 106 valence electrons. The van der Waals surface area contributed by atoms with E-state index >= 15 is 0 Å². The fourth-order valence-electron chi connectivity index (χ4n) is 1.95. The van der Waals surface area contributed by atoms with Crippen LogP contribution in [0.2, 0.25) is 0 Å². The maximum absolute atomic E-state index is 12.0. The number of rotatable bonds is 8. The normalized spacial score (nSPS) is 15.7. The van der Waals surface area contributed by atoms with Gasteiger partial charge in [-0.3, -0.25) is 10.1 Å². The van der Waals surface area contributed by atoms with Crippen molar-refractivity contribution >= 4 is 5.91 Å². The van der Waals surface area contributed by atoms with Crippen LogP contribution in [0, 0.1) is 0 Å². The molecule has 0 saturated carbocycles. The van der Waals surface area contributed by atoms with Crippen molar-refractivity contribution < 1.29 is 9.53 Å². The minimum Gasteiger partial charge on any atom is -0.376 e. The Morgan fingerprint density at radius 3 is 2.47 bits per heavy atom. The van der Waals surface area contributed by atoms with Crippen LogP contribution in [-0.4, -0.2) is 25.2 Å². The Kier molecular flexibility index (Phi) is 5.99. The number of primary amides is 1. The molecule has 0 radical (unpaired) electrons. The Morgan fingerprint density at radius 2 is 2.00 bits per heavy atom. The van der Waals surface area contributed by atoms with Crippen molar-refractivity contribution in [3.8, 4) is 0 Å². The van der Waals surface area contributed by atoms with Crippen LogP contribution in [0.3, 0.4) is 0 Å². The first-order chi connectivity index (χ1) is 9.06. The summed E-state index contributed by atoms with van der Waals surface area (Å²) in [5.74, 6) is -0.413. The molecule has 0 bridgehead atoms. The number of hydrogen-bond donors (Lipinski definition) is 2. The van der Waals surface area contributed by atoms with Gasteiger partial charge in [0, 0.05) is 0 Å². The van der Waals surface area contributed by atoms with Gasteiger partial charge < -0.3 is 10.5 Å². The maximum atomic E-state index is 12.0. The summed E-state index contributed by atoms with van der Waals surface area (Å²) < 4.78 is 5.76. The fraction of sp³-hybridized carbons (Fsp3) is 0.533. The van der Waals surface area contributed by atoms with Gasteiger partial charge in [-0.2, -0.15) is 0 Å². The van der Waals surface area contributed by atoms with E-state index in [9.17, 15) is 4.79 Å². The third-order valence-electron chi connectivity index (χ3n) is 3.33. The van der Waals surface area contributed by atoms with E-state index in [1.54, 1.807) is 0 Å². The van der Waals surface area contributed by atoms with Crippen molar-refractivity contribution in [3.63, 3.8) is 0 Å². The zero-order valence-electron chi connectivity index (χ0n) is 12.0. The highest BCUT2D eigenvalue weighted by Crippen LogP contribution is 2.22. The first-order valence-corrected chi connectivity index (χ1v) is 6.78. The number of benzene rings is 1. The number of hydrogen-bond acceptors (Lipinski definition) is 3. The van der Waals surface area contributed by atoms with Gasteiger partial charge >= 0.3 is 0 Å². The molecule has 4 nitrogen and oxygen atoms in total. The van der Waals surface area contributed by atoms with Crippen molar-refractivity contribution in [2.24, 2.45) is 5.73 Å². The molecular weight excluding hydrogens is 240 g/mol. The third-order valence-corrected chi connectivity index (χ3v) is 3.33. The van der Waals surface area contributed by atoms with Gasteiger partial charge in [0.25, 0.3) is 0 Å². The monoisotopic (exact) mass is 264 g/mol. The molecule has 1 aromatic carbocycles. The van der Waals surface area contributed by atoms with Crippen LogP contribution in [0.5, 0.6) is 0 Å². The molecule has 0 spiro atoms. The van der Waals surface area contributed by atoms with Gasteiger partial charge in [-0.25, -0.2) is 0 Å². The smallest absolute Gasteiger partial charge is 0.244 e. The SMILES string of the molecule is CCNC(COC(C)CC)(C(N)=O)c1ccccc1. The van der Waals surface area contributed by atoms with Gasteiger partial charge in [0.1, 0.15) is 5.54 Å². The Balaban J connectivity index is 3.04. The molecule has 0 saturated heterocycles. The average Bonchev–Trinajstić information content (AvgIpc) is 2.43. The summed E-state index contributed by atoms with van der Waals surface area (Å²) in [7, 11) is 0. The maximum Gasteiger partial charge on any atom is 0.244 e. The van der Waals surface area contributed by atoms with Crippen LogP contribution in [0.4, 0.5) is 0 Å². The Morgan fingerprint density at radius 1 is 1.37 bits per heavy atom. The summed E-state index contributed by atoms with van der Waals surface area (Å²) in [5.41, 5.74) is 5.52. The molecule has 3 N–H and O–H groups in total. The van der Waals surface area contributed by atoms with Gasteiger partial charge in [0.15, 0.2) is 0 Å². The number of nitrogens with two attached hydrogens (primary N) is 1. The highest BCUT2D eigenvalue weighted by atomic mass is 16.5. The Hall–Kier alpha value is -1.39. The lowest BCUT2D eigenvalue weighted by Crippen LogP contribution is -2.56. The lowest BCUT2D eigenvalue weighted by Gasteiger charge is -2.32. The highest BCUT2D eigenvalue weighted by Gasteiger charge is 2.38. The van der Waals surface area contributed by atoms with Gasteiger partial charge in [-0.15, -0.1) is 0 Å². The summed E-state index contributed by atoms with van der Waals surface area (Å²) >= 11 is 0. The summed E-state index contributed by atoms with van der Waals surface area (Å²) in [6, 6.07) is 9.50. The predicted molar refractivity (Wildman–Crippen MR) is 76.7 cm³/mol. The molecule has 0 aliphatic heterocycles. The number of amides is 1. The standard InChI is InChI=1S/C15H24N2O2/c1-4-12(3)19-11-15(14(16)18,17-5-2)13-9-7-6-8-10-13/h6-10,12,17H,4-5,11H2,1-3H3,(H2,16,18). The first kappa shape index (κ1) is 15.7. The van der Waals surface area contributed by atoms with Crippen molar-refractivity contribution in [2.75, 3.05) is 13.2 Å². The van der Waals surface area contributed by atoms with Crippen molar-refractivity contribution in [3.05, 3.63) is 35.9 Å². The van der Waals surface area contributed by atoms with Crippen molar-refractivity contribution in [2.45, 2.75) is 38.8 Å². The molecule has 0 aliphatic carbocycles. The number of carbonyl (C=O) groups is 1. The zero-order chi connectivity index (χ0) is 14.3. The zero-order valence-corrected chi connectivity index (χ0v) is 12.0. The van der Waals surface area contributed by atoms with E-state index in [0.29, 0.717) is 6.54 Å². The molecule has 1 amide bonds. The van der Waals surface area contributed by atoms with E-state index in [0.717, 1.165) is 12.0 Å². The molecule has 2 atom stereocenters. The Labute approximate surface area is 115 Å². The summed E-state index contributed by atoms with van der Waals surface area (Å²) in [4.78, 5) is 12.0. The molecule has 0 aromatic heterocycles. The molecule has 1 rings (SSSR count). The first-order valence-electron chi connectivity index (χ1n) is 6.78. The second-order valence-corrected chi connectivity index (χ2v) is 4.70. The minimum absolute atomic E-state index is 0.0982. The van der Waals surface area contributed by atoms with Gasteiger partial charge in [0.2, 0.25) is 5.91 Å². The Bertz CT molecular complexity index is 394. The summed E-state index contributed by atoms with van der Waals surface area (Å²) in [5, 5.41) is 3.19. The molecule has 19 heavy (non-hydrogen) atoms. The van der Waals surface area contributed by atoms with Crippen LogP contribution in [0.25, 0.3) is 0 Å². The third kappa shape index (κ3) is 3.78. The van der Waals surface area contributed by atoms with E-state index < -0.39 is 11.4 Å². The fourth-order valence-corrected chi connectivity index (χ4v) is 1.95. The molecule has 1 aromatic rings. The second-order valence-electron chi connectivity index (χ2n) is 4.70. The van der Waals surface area contributed by atoms with E-state index in [1.165, 1.54) is 0 Å². The van der Waals surface area contributed by atoms with Crippen LogP contribution in [0.1, 0.15) is 32.8 Å². The average molecular weight is 264 g/mol. The van der Waals surface area contributed by atoms with Crippen molar-refractivity contribution in [1.29, 1.82) is 0 Å². The molecule has 0 aliphatic rings. The molecule has 2 unspecified atom stereocenters. The van der Waals surface area contributed by atoms with Gasteiger partial charge in [-0.05, 0) is 25.5 Å². The summed E-state index contributed by atoms with van der Waals surface area (Å²) in [6.07, 6.45) is 0.997. The number of nitrogens with one attached hydrogen (secondary N) is 1. The molecule has 0 fully saturated rings. The van der Waals surface area contributed by atoms with Gasteiger partial charge in [0.05, 0.1) is 12.7 Å². The van der Waals surface area contributed by atoms with E-state index in [-0.39, 0.29) is 12.7 Å². The lowest BCUT2D eigenvalue weighted by molar-refractivity contribution is -0.128. The van der Waals surface area contributed by atoms with Crippen LogP contribution in [0.15, 0.2) is 30.3 Å². The van der Waals surface area contributed by atoms with Crippen LogP contribution >= 0.6 is 0 Å². The van der Waals surface area contributed by atoms with Crippen LogP contribution in [-0.2, 0) is 15.1 Å². The van der Waals surface area contributed by atoms with Crippen LogP contribution < -0.4 is 11.1 Å². The minimum atomic E-state index is -0.959. The van der Waals surface area contributed by atoms with Gasteiger partial charge in [-0.1, -0.05) is 44.2 Å². The number of carbonyl (C=O) groups excluding carboxylic acids is 1. The largest absolute Gasteiger partial charge is 0.376 e. The molecular formula is C15H24N2O2. The van der Waals surface area contributed by atoms with E-state index in [4.69, 9.17) is 10.5 Å². The molecule has 0 heterocycles. The van der Waals surface area contributed by atoms with Crippen molar-refractivity contribution in [1.82, 2.24) is 5.32 Å². The number of ether oxygens (including phenoxy) is 1. The number of likely N-dealkylation sites (N-methyl/N-ethyl adjacent to an activating group) is 1. The second kappa shape index (κ2) is 7.26. The topological polar surface area (TPSA) is 64.3 Å².